The van der Waals surface area contributed by atoms with Gasteiger partial charge in [-0.15, -0.1) is 0 Å². The van der Waals surface area contributed by atoms with Crippen molar-refractivity contribution in [3.63, 3.8) is 0 Å². The van der Waals surface area contributed by atoms with Crippen LogP contribution in [0, 0.1) is 5.82 Å². The van der Waals surface area contributed by atoms with Crippen LogP contribution in [0.2, 0.25) is 0 Å². The second-order valence-corrected chi connectivity index (χ2v) is 5.38. The summed E-state index contributed by atoms with van der Waals surface area (Å²) < 4.78 is 13.3. The van der Waals surface area contributed by atoms with E-state index in [1.165, 1.54) is 12.1 Å². The lowest BCUT2D eigenvalue weighted by Crippen LogP contribution is -2.25. The minimum Gasteiger partial charge on any atom is -0.392 e. The standard InChI is InChI=1S/C18H17FN2O2/c19-15-5-6-17-16(8-15)14(10-20-17)7-18(23)21-9-12-3-1-2-4-13(12)11-22/h1-6,8,10,20,22H,7,9,11H2,(H,21,23). The van der Waals surface area contributed by atoms with Crippen LogP contribution in [0.3, 0.4) is 0 Å². The maximum absolute atomic E-state index is 13.3. The van der Waals surface area contributed by atoms with E-state index in [2.05, 4.69) is 10.3 Å². The number of benzene rings is 2. The molecular formula is C18H17FN2O2. The van der Waals surface area contributed by atoms with Crippen LogP contribution >= 0.6 is 0 Å². The molecule has 0 saturated carbocycles. The molecular weight excluding hydrogens is 295 g/mol. The third-order valence-electron chi connectivity index (χ3n) is 3.85. The lowest BCUT2D eigenvalue weighted by atomic mass is 10.1. The van der Waals surface area contributed by atoms with Crippen LogP contribution in [-0.2, 0) is 24.4 Å². The molecule has 0 fully saturated rings. The van der Waals surface area contributed by atoms with Crippen molar-refractivity contribution in [2.24, 2.45) is 0 Å². The van der Waals surface area contributed by atoms with Crippen molar-refractivity contribution in [1.29, 1.82) is 0 Å². The second kappa shape index (κ2) is 6.62. The molecule has 23 heavy (non-hydrogen) atoms. The molecule has 0 atom stereocenters. The summed E-state index contributed by atoms with van der Waals surface area (Å²) in [6.07, 6.45) is 1.90. The Balaban J connectivity index is 1.68. The first-order valence-corrected chi connectivity index (χ1v) is 7.37. The molecule has 5 heteroatoms. The normalized spacial score (nSPS) is 10.9. The maximum Gasteiger partial charge on any atom is 0.224 e. The van der Waals surface area contributed by atoms with Gasteiger partial charge >= 0.3 is 0 Å². The number of carbonyl (C=O) groups is 1. The van der Waals surface area contributed by atoms with E-state index in [0.717, 1.165) is 27.6 Å². The van der Waals surface area contributed by atoms with E-state index < -0.39 is 0 Å². The first-order chi connectivity index (χ1) is 11.2. The zero-order chi connectivity index (χ0) is 16.2. The summed E-state index contributed by atoms with van der Waals surface area (Å²) in [7, 11) is 0. The van der Waals surface area contributed by atoms with Gasteiger partial charge in [0.2, 0.25) is 5.91 Å². The van der Waals surface area contributed by atoms with Crippen molar-refractivity contribution >= 4 is 16.8 Å². The predicted octanol–water partition coefficient (Wildman–Crippen LogP) is 2.66. The summed E-state index contributed by atoms with van der Waals surface area (Å²) in [5.74, 6) is -0.474. The highest BCUT2D eigenvalue weighted by Crippen LogP contribution is 2.19. The molecule has 1 heterocycles. The van der Waals surface area contributed by atoms with Crippen LogP contribution in [0.25, 0.3) is 10.9 Å². The number of aromatic amines is 1. The number of halogens is 1. The molecule has 3 N–H and O–H groups in total. The molecule has 4 nitrogen and oxygen atoms in total. The number of nitrogens with one attached hydrogen (secondary N) is 2. The van der Waals surface area contributed by atoms with E-state index in [1.807, 2.05) is 24.3 Å². The van der Waals surface area contributed by atoms with Crippen LogP contribution in [0.4, 0.5) is 4.39 Å². The summed E-state index contributed by atoms with van der Waals surface area (Å²) in [5.41, 5.74) is 3.24. The van der Waals surface area contributed by atoms with E-state index in [9.17, 15) is 14.3 Å². The molecule has 0 aliphatic heterocycles. The average molecular weight is 312 g/mol. The number of aliphatic hydroxyl groups is 1. The van der Waals surface area contributed by atoms with Crippen LogP contribution in [-0.4, -0.2) is 16.0 Å². The molecule has 0 radical (unpaired) electrons. The smallest absolute Gasteiger partial charge is 0.224 e. The Labute approximate surface area is 133 Å². The highest BCUT2D eigenvalue weighted by molar-refractivity contribution is 5.88. The molecule has 118 valence electrons. The highest BCUT2D eigenvalue weighted by Gasteiger charge is 2.10. The molecule has 1 amide bonds. The maximum atomic E-state index is 13.3. The van der Waals surface area contributed by atoms with Crippen LogP contribution in [0.15, 0.2) is 48.7 Å². The Morgan fingerprint density at radius 2 is 1.91 bits per heavy atom. The van der Waals surface area contributed by atoms with Crippen LogP contribution < -0.4 is 5.32 Å². The lowest BCUT2D eigenvalue weighted by Gasteiger charge is -2.08. The predicted molar refractivity (Wildman–Crippen MR) is 86.2 cm³/mol. The Hall–Kier alpha value is -2.66. The van der Waals surface area contributed by atoms with Crippen LogP contribution in [0.5, 0.6) is 0 Å². The number of rotatable bonds is 5. The Kier molecular flexibility index (Phi) is 4.39. The molecule has 3 aromatic rings. The zero-order valence-electron chi connectivity index (χ0n) is 12.5. The minimum absolute atomic E-state index is 0.0617. The molecule has 2 aromatic carbocycles. The molecule has 0 bridgehead atoms. The quantitative estimate of drug-likeness (QED) is 0.678. The number of hydrogen-bond acceptors (Lipinski definition) is 2. The molecule has 0 unspecified atom stereocenters. The van der Waals surface area contributed by atoms with Gasteiger partial charge in [0, 0.05) is 23.6 Å². The summed E-state index contributed by atoms with van der Waals surface area (Å²) in [4.78, 5) is 15.2. The summed E-state index contributed by atoms with van der Waals surface area (Å²) in [6.45, 7) is 0.292. The van der Waals surface area contributed by atoms with Gasteiger partial charge in [0.15, 0.2) is 0 Å². The molecule has 1 aromatic heterocycles. The van der Waals surface area contributed by atoms with Gasteiger partial charge in [-0.1, -0.05) is 24.3 Å². The number of amides is 1. The van der Waals surface area contributed by atoms with Crippen molar-refractivity contribution in [1.82, 2.24) is 10.3 Å². The fourth-order valence-corrected chi connectivity index (χ4v) is 2.61. The van der Waals surface area contributed by atoms with Crippen molar-refractivity contribution < 1.29 is 14.3 Å². The Morgan fingerprint density at radius 1 is 1.13 bits per heavy atom. The second-order valence-electron chi connectivity index (χ2n) is 5.38. The summed E-state index contributed by atoms with van der Waals surface area (Å²) in [6, 6.07) is 11.9. The SMILES string of the molecule is O=C(Cc1c[nH]c2ccc(F)cc12)NCc1ccccc1CO. The van der Waals surface area contributed by atoms with Crippen molar-refractivity contribution in [3.8, 4) is 0 Å². The first-order valence-electron chi connectivity index (χ1n) is 7.37. The number of hydrogen-bond donors (Lipinski definition) is 3. The van der Waals surface area contributed by atoms with Crippen molar-refractivity contribution in [3.05, 3.63) is 71.2 Å². The number of H-pyrrole nitrogens is 1. The number of aromatic nitrogens is 1. The zero-order valence-corrected chi connectivity index (χ0v) is 12.5. The van der Waals surface area contributed by atoms with Crippen molar-refractivity contribution in [2.75, 3.05) is 0 Å². The lowest BCUT2D eigenvalue weighted by molar-refractivity contribution is -0.120. The van der Waals surface area contributed by atoms with Crippen molar-refractivity contribution in [2.45, 2.75) is 19.6 Å². The van der Waals surface area contributed by atoms with Gasteiger partial charge in [0.1, 0.15) is 5.82 Å². The van der Waals surface area contributed by atoms with Gasteiger partial charge in [-0.2, -0.15) is 0 Å². The fourth-order valence-electron chi connectivity index (χ4n) is 2.61. The molecule has 3 rings (SSSR count). The van der Waals surface area contributed by atoms with E-state index >= 15 is 0 Å². The van der Waals surface area contributed by atoms with E-state index in [-0.39, 0.29) is 24.8 Å². The third-order valence-corrected chi connectivity index (χ3v) is 3.85. The van der Waals surface area contributed by atoms with Gasteiger partial charge in [0.05, 0.1) is 13.0 Å². The van der Waals surface area contributed by atoms with Gasteiger partial charge in [-0.05, 0) is 34.9 Å². The Morgan fingerprint density at radius 3 is 2.70 bits per heavy atom. The van der Waals surface area contributed by atoms with Gasteiger partial charge in [-0.3, -0.25) is 4.79 Å². The molecule has 0 aliphatic rings. The van der Waals surface area contributed by atoms with Crippen LogP contribution in [0.1, 0.15) is 16.7 Å². The number of aliphatic hydroxyl groups excluding tert-OH is 1. The van der Waals surface area contributed by atoms with E-state index in [1.54, 1.807) is 12.3 Å². The number of fused-ring (bicyclic) bond motifs is 1. The number of carbonyl (C=O) groups excluding carboxylic acids is 1. The minimum atomic E-state index is -0.323. The third kappa shape index (κ3) is 3.40. The largest absolute Gasteiger partial charge is 0.392 e. The molecule has 0 saturated heterocycles. The fraction of sp³-hybridized carbons (Fsp3) is 0.167. The topological polar surface area (TPSA) is 65.1 Å². The van der Waals surface area contributed by atoms with E-state index in [0.29, 0.717) is 6.54 Å². The molecule has 0 spiro atoms. The monoisotopic (exact) mass is 312 g/mol. The summed E-state index contributed by atoms with van der Waals surface area (Å²) >= 11 is 0. The van der Waals surface area contributed by atoms with E-state index in [4.69, 9.17) is 0 Å². The Bertz CT molecular complexity index is 842. The molecule has 0 aliphatic carbocycles. The van der Waals surface area contributed by atoms with Gasteiger partial charge < -0.3 is 15.4 Å². The summed E-state index contributed by atoms with van der Waals surface area (Å²) in [5, 5.41) is 12.8. The highest BCUT2D eigenvalue weighted by atomic mass is 19.1. The van der Waals surface area contributed by atoms with Gasteiger partial charge in [0.25, 0.3) is 0 Å². The van der Waals surface area contributed by atoms with Gasteiger partial charge in [-0.25, -0.2) is 4.39 Å². The average Bonchev–Trinajstić information content (AvgIpc) is 2.95. The first kappa shape index (κ1) is 15.2.